The fourth-order valence-electron chi connectivity index (χ4n) is 1.66. The lowest BCUT2D eigenvalue weighted by Crippen LogP contribution is -2.05. The van der Waals surface area contributed by atoms with Gasteiger partial charge in [-0.2, -0.15) is 5.10 Å². The molecule has 0 atom stereocenters. The minimum atomic E-state index is -0.469. The van der Waals surface area contributed by atoms with E-state index >= 15 is 0 Å². The molecule has 1 aromatic carbocycles. The van der Waals surface area contributed by atoms with Gasteiger partial charge in [0.05, 0.1) is 7.11 Å². The Hall–Kier alpha value is -2.17. The van der Waals surface area contributed by atoms with Gasteiger partial charge < -0.3 is 4.74 Å². The van der Waals surface area contributed by atoms with Gasteiger partial charge in [0.25, 0.3) is 0 Å². The molecule has 0 saturated carbocycles. The zero-order valence-electron chi connectivity index (χ0n) is 10.2. The number of nitrogens with zero attached hydrogens (tertiary/aromatic N) is 2. The molecule has 5 heteroatoms. The van der Waals surface area contributed by atoms with Gasteiger partial charge in [-0.25, -0.2) is 4.39 Å². The monoisotopic (exact) mass is 248 g/mol. The highest BCUT2D eigenvalue weighted by molar-refractivity contribution is 5.95. The zero-order valence-corrected chi connectivity index (χ0v) is 10.2. The second-order valence-corrected chi connectivity index (χ2v) is 3.94. The van der Waals surface area contributed by atoms with E-state index in [4.69, 9.17) is 4.74 Å². The number of hydrogen-bond donors (Lipinski definition) is 0. The largest absolute Gasteiger partial charge is 0.494 e. The third-order valence-corrected chi connectivity index (χ3v) is 2.58. The number of ketones is 1. The summed E-state index contributed by atoms with van der Waals surface area (Å²) in [5.74, 6) is -0.437. The highest BCUT2D eigenvalue weighted by Crippen LogP contribution is 2.18. The lowest BCUT2D eigenvalue weighted by atomic mass is 10.1. The molecule has 0 N–H and O–H groups in total. The summed E-state index contributed by atoms with van der Waals surface area (Å²) in [6.07, 6.45) is 1.82. The fraction of sp³-hybridized carbons (Fsp3) is 0.231. The van der Waals surface area contributed by atoms with Crippen LogP contribution in [0.25, 0.3) is 0 Å². The van der Waals surface area contributed by atoms with Crippen LogP contribution in [0.3, 0.4) is 0 Å². The van der Waals surface area contributed by atoms with Crippen LogP contribution >= 0.6 is 0 Å². The van der Waals surface area contributed by atoms with E-state index in [0.717, 1.165) is 0 Å². The number of carbonyl (C=O) groups excluding carboxylic acids is 1. The van der Waals surface area contributed by atoms with E-state index in [2.05, 4.69) is 5.10 Å². The number of halogens is 1. The van der Waals surface area contributed by atoms with Crippen molar-refractivity contribution in [2.75, 3.05) is 7.11 Å². The van der Waals surface area contributed by atoms with E-state index < -0.39 is 5.82 Å². The number of aryl methyl sites for hydroxylation is 1. The van der Waals surface area contributed by atoms with Gasteiger partial charge in [0.1, 0.15) is 5.69 Å². The Bertz CT molecular complexity index is 578. The molecule has 0 saturated heterocycles. The number of ether oxygens (including phenoxy) is 1. The van der Waals surface area contributed by atoms with Crippen molar-refractivity contribution in [1.82, 2.24) is 9.78 Å². The Kier molecular flexibility index (Phi) is 3.41. The first kappa shape index (κ1) is 12.3. The maximum atomic E-state index is 13.5. The van der Waals surface area contributed by atoms with Gasteiger partial charge in [0.15, 0.2) is 17.3 Å². The molecular formula is C13H13FN2O2. The van der Waals surface area contributed by atoms with Crippen LogP contribution in [0.4, 0.5) is 4.39 Å². The zero-order chi connectivity index (χ0) is 13.1. The molecule has 94 valence electrons. The molecule has 2 aromatic rings. The average Bonchev–Trinajstić information content (AvgIpc) is 2.76. The topological polar surface area (TPSA) is 44.1 Å². The molecule has 0 radical (unpaired) electrons. The molecule has 0 bridgehead atoms. The van der Waals surface area contributed by atoms with Crippen LogP contribution in [0.2, 0.25) is 0 Å². The number of hydrogen-bond acceptors (Lipinski definition) is 3. The van der Waals surface area contributed by atoms with Gasteiger partial charge in [0, 0.05) is 19.7 Å². The van der Waals surface area contributed by atoms with Crippen LogP contribution in [-0.2, 0) is 13.5 Å². The fourth-order valence-corrected chi connectivity index (χ4v) is 1.66. The predicted octanol–water partition coefficient (Wildman–Crippen LogP) is 1.99. The second-order valence-electron chi connectivity index (χ2n) is 3.94. The first-order chi connectivity index (χ1) is 8.60. The van der Waals surface area contributed by atoms with E-state index in [1.165, 1.54) is 19.2 Å². The van der Waals surface area contributed by atoms with Crippen LogP contribution < -0.4 is 4.74 Å². The first-order valence-electron chi connectivity index (χ1n) is 5.45. The summed E-state index contributed by atoms with van der Waals surface area (Å²) in [5, 5.41) is 4.01. The van der Waals surface area contributed by atoms with Crippen molar-refractivity contribution < 1.29 is 13.9 Å². The second kappa shape index (κ2) is 5.00. The Morgan fingerprint density at radius 1 is 1.44 bits per heavy atom. The van der Waals surface area contributed by atoms with E-state index in [1.807, 2.05) is 0 Å². The molecule has 4 nitrogen and oxygen atoms in total. The number of Topliss-reactive ketones (excluding diaryl/α,β-unsaturated/α-hetero) is 1. The van der Waals surface area contributed by atoms with Crippen LogP contribution in [-0.4, -0.2) is 22.7 Å². The minimum Gasteiger partial charge on any atom is -0.494 e. The summed E-state index contributed by atoms with van der Waals surface area (Å²) in [6, 6.07) is 6.13. The molecule has 0 spiro atoms. The molecule has 0 aliphatic carbocycles. The average molecular weight is 248 g/mol. The number of carbonyl (C=O) groups is 1. The lowest BCUT2D eigenvalue weighted by molar-refractivity contribution is 0.0987. The van der Waals surface area contributed by atoms with Gasteiger partial charge in [-0.1, -0.05) is 6.07 Å². The Balaban J connectivity index is 2.14. The van der Waals surface area contributed by atoms with Gasteiger partial charge >= 0.3 is 0 Å². The van der Waals surface area contributed by atoms with Crippen molar-refractivity contribution in [3.63, 3.8) is 0 Å². The van der Waals surface area contributed by atoms with Gasteiger partial charge in [-0.15, -0.1) is 0 Å². The molecule has 0 unspecified atom stereocenters. The quantitative estimate of drug-likeness (QED) is 0.777. The lowest BCUT2D eigenvalue weighted by Gasteiger charge is -2.04. The Morgan fingerprint density at radius 3 is 2.78 bits per heavy atom. The summed E-state index contributed by atoms with van der Waals surface area (Å²) in [7, 11) is 3.14. The minimum absolute atomic E-state index is 0.123. The van der Waals surface area contributed by atoms with Gasteiger partial charge in [0.2, 0.25) is 0 Å². The highest BCUT2D eigenvalue weighted by atomic mass is 19.1. The van der Waals surface area contributed by atoms with E-state index in [1.54, 1.807) is 30.1 Å². The smallest absolute Gasteiger partial charge is 0.187 e. The van der Waals surface area contributed by atoms with Crippen LogP contribution in [0.5, 0.6) is 5.75 Å². The molecule has 1 heterocycles. The highest BCUT2D eigenvalue weighted by Gasteiger charge is 2.11. The summed E-state index contributed by atoms with van der Waals surface area (Å²) >= 11 is 0. The maximum Gasteiger partial charge on any atom is 0.187 e. The van der Waals surface area contributed by atoms with Crippen molar-refractivity contribution in [1.29, 1.82) is 0 Å². The molecule has 0 aliphatic heterocycles. The third-order valence-electron chi connectivity index (χ3n) is 2.58. The maximum absolute atomic E-state index is 13.5. The van der Waals surface area contributed by atoms with E-state index in [9.17, 15) is 9.18 Å². The van der Waals surface area contributed by atoms with Crippen molar-refractivity contribution >= 4 is 5.78 Å². The number of methoxy groups -OCH3 is 1. The normalized spacial score (nSPS) is 10.4. The summed E-state index contributed by atoms with van der Waals surface area (Å²) in [4.78, 5) is 11.9. The molecule has 1 aromatic heterocycles. The number of rotatable bonds is 4. The summed E-state index contributed by atoms with van der Waals surface area (Å²) in [6.45, 7) is 0. The van der Waals surface area contributed by atoms with Crippen LogP contribution in [0.15, 0.2) is 30.5 Å². The van der Waals surface area contributed by atoms with Crippen molar-refractivity contribution in [2.45, 2.75) is 6.42 Å². The SMILES string of the molecule is COc1ccc(CC(=O)c2ccn(C)n2)cc1F. The van der Waals surface area contributed by atoms with E-state index in [0.29, 0.717) is 11.3 Å². The molecule has 0 aliphatic rings. The molecular weight excluding hydrogens is 235 g/mol. The molecule has 2 rings (SSSR count). The van der Waals surface area contributed by atoms with Crippen molar-refractivity contribution in [2.24, 2.45) is 7.05 Å². The van der Waals surface area contributed by atoms with Crippen LogP contribution in [0.1, 0.15) is 16.1 Å². The summed E-state index contributed by atoms with van der Waals surface area (Å²) < 4.78 is 19.8. The molecule has 0 amide bonds. The Labute approximate surface area is 104 Å². The first-order valence-corrected chi connectivity index (χ1v) is 5.45. The third kappa shape index (κ3) is 2.56. The summed E-state index contributed by atoms with van der Waals surface area (Å²) in [5.41, 5.74) is 0.984. The van der Waals surface area contributed by atoms with Crippen molar-refractivity contribution in [3.8, 4) is 5.75 Å². The standard InChI is InChI=1S/C13H13FN2O2/c1-16-6-5-11(15-16)12(17)8-9-3-4-13(18-2)10(14)7-9/h3-7H,8H2,1-2H3. The van der Waals surface area contributed by atoms with Gasteiger partial charge in [-0.05, 0) is 23.8 Å². The van der Waals surface area contributed by atoms with Gasteiger partial charge in [-0.3, -0.25) is 9.48 Å². The number of benzene rings is 1. The molecule has 0 fully saturated rings. The van der Waals surface area contributed by atoms with E-state index in [-0.39, 0.29) is 18.0 Å². The van der Waals surface area contributed by atoms with Crippen LogP contribution in [0, 0.1) is 5.82 Å². The molecule has 18 heavy (non-hydrogen) atoms. The number of aromatic nitrogens is 2. The predicted molar refractivity (Wildman–Crippen MR) is 64.2 cm³/mol. The van der Waals surface area contributed by atoms with Crippen molar-refractivity contribution in [3.05, 3.63) is 47.5 Å². The Morgan fingerprint density at radius 2 is 2.22 bits per heavy atom.